The van der Waals surface area contributed by atoms with Crippen LogP contribution in [0.25, 0.3) is 6.08 Å². The lowest BCUT2D eigenvalue weighted by Crippen LogP contribution is -2.25. The first-order chi connectivity index (χ1) is 8.30. The van der Waals surface area contributed by atoms with Crippen molar-refractivity contribution < 1.29 is 13.3 Å². The molecule has 7 nitrogen and oxygen atoms in total. The zero-order valence-electron chi connectivity index (χ0n) is 9.45. The van der Waals surface area contributed by atoms with Crippen LogP contribution in [0.1, 0.15) is 12.5 Å². The highest BCUT2D eigenvalue weighted by Gasteiger charge is 2.05. The Labute approximate surface area is 104 Å². The zero-order valence-corrected chi connectivity index (χ0v) is 10.3. The SMILES string of the molecule is CC(=N)NS(=O)(=O)C=Cc1ccc([N+](=O)[O-])cc1. The van der Waals surface area contributed by atoms with E-state index in [1.54, 1.807) is 0 Å². The van der Waals surface area contributed by atoms with E-state index in [2.05, 4.69) is 0 Å². The molecular formula is C10H11N3O4S. The topological polar surface area (TPSA) is 113 Å². The number of amidine groups is 1. The molecule has 0 aromatic heterocycles. The molecule has 8 heteroatoms. The molecular weight excluding hydrogens is 258 g/mol. The Morgan fingerprint density at radius 2 is 1.94 bits per heavy atom. The minimum absolute atomic E-state index is 0.0662. The molecule has 0 amide bonds. The summed E-state index contributed by atoms with van der Waals surface area (Å²) in [4.78, 5) is 9.87. The number of benzene rings is 1. The first-order valence-electron chi connectivity index (χ1n) is 4.81. The fraction of sp³-hybridized carbons (Fsp3) is 0.100. The number of nitro groups is 1. The molecule has 2 N–H and O–H groups in total. The molecule has 1 aromatic rings. The van der Waals surface area contributed by atoms with Gasteiger partial charge in [0.05, 0.1) is 10.3 Å². The largest absolute Gasteiger partial charge is 0.288 e. The van der Waals surface area contributed by atoms with Gasteiger partial charge in [0.2, 0.25) is 0 Å². The smallest absolute Gasteiger partial charge is 0.269 e. The normalized spacial score (nSPS) is 11.4. The molecule has 0 radical (unpaired) electrons. The summed E-state index contributed by atoms with van der Waals surface area (Å²) in [7, 11) is -3.69. The maximum atomic E-state index is 11.3. The van der Waals surface area contributed by atoms with Crippen LogP contribution in [0.4, 0.5) is 5.69 Å². The van der Waals surface area contributed by atoms with Gasteiger partial charge in [0.15, 0.2) is 0 Å². The van der Waals surface area contributed by atoms with E-state index >= 15 is 0 Å². The van der Waals surface area contributed by atoms with Crippen molar-refractivity contribution >= 4 is 27.6 Å². The molecule has 0 aliphatic carbocycles. The van der Waals surface area contributed by atoms with Crippen LogP contribution in [-0.4, -0.2) is 19.2 Å². The summed E-state index contributed by atoms with van der Waals surface area (Å²) in [6, 6.07) is 5.42. The van der Waals surface area contributed by atoms with Gasteiger partial charge < -0.3 is 0 Å². The molecule has 0 bridgehead atoms. The number of non-ortho nitro benzene ring substituents is 1. The van der Waals surface area contributed by atoms with Gasteiger partial charge in [-0.15, -0.1) is 0 Å². The lowest BCUT2D eigenvalue weighted by molar-refractivity contribution is -0.384. The van der Waals surface area contributed by atoms with Gasteiger partial charge in [-0.3, -0.25) is 20.2 Å². The minimum atomic E-state index is -3.69. The molecule has 0 atom stereocenters. The highest BCUT2D eigenvalue weighted by atomic mass is 32.2. The van der Waals surface area contributed by atoms with Crippen molar-refractivity contribution in [3.05, 3.63) is 45.4 Å². The molecule has 1 rings (SSSR count). The van der Waals surface area contributed by atoms with Crippen molar-refractivity contribution in [3.63, 3.8) is 0 Å². The summed E-state index contributed by atoms with van der Waals surface area (Å²) in [6.07, 6.45) is 1.29. The molecule has 0 aliphatic rings. The summed E-state index contributed by atoms with van der Waals surface area (Å²) >= 11 is 0. The molecule has 18 heavy (non-hydrogen) atoms. The highest BCUT2D eigenvalue weighted by molar-refractivity contribution is 7.93. The number of rotatable bonds is 4. The lowest BCUT2D eigenvalue weighted by atomic mass is 10.2. The average molecular weight is 269 g/mol. The van der Waals surface area contributed by atoms with Crippen LogP contribution in [0.5, 0.6) is 0 Å². The predicted molar refractivity (Wildman–Crippen MR) is 67.6 cm³/mol. The third-order valence-corrected chi connectivity index (χ3v) is 2.92. The van der Waals surface area contributed by atoms with E-state index in [-0.39, 0.29) is 11.5 Å². The van der Waals surface area contributed by atoms with Gasteiger partial charge in [0.1, 0.15) is 5.84 Å². The van der Waals surface area contributed by atoms with Crippen LogP contribution in [0.2, 0.25) is 0 Å². The summed E-state index contributed by atoms with van der Waals surface area (Å²) in [5, 5.41) is 18.3. The second-order valence-corrected chi connectivity index (χ2v) is 4.99. The first kappa shape index (κ1) is 13.8. The van der Waals surface area contributed by atoms with Crippen LogP contribution < -0.4 is 4.72 Å². The van der Waals surface area contributed by atoms with E-state index in [1.807, 2.05) is 4.72 Å². The van der Waals surface area contributed by atoms with Gasteiger partial charge in [0.25, 0.3) is 15.7 Å². The predicted octanol–water partition coefficient (Wildman–Crippen LogP) is 1.48. The minimum Gasteiger partial charge on any atom is -0.288 e. The van der Waals surface area contributed by atoms with Crippen LogP contribution >= 0.6 is 0 Å². The van der Waals surface area contributed by atoms with E-state index in [4.69, 9.17) is 5.41 Å². The third-order valence-electron chi connectivity index (χ3n) is 1.84. The van der Waals surface area contributed by atoms with Gasteiger partial charge in [-0.25, -0.2) is 8.42 Å². The number of hydrogen-bond acceptors (Lipinski definition) is 5. The van der Waals surface area contributed by atoms with Gasteiger partial charge in [-0.2, -0.15) is 0 Å². The van der Waals surface area contributed by atoms with E-state index in [1.165, 1.54) is 37.3 Å². The van der Waals surface area contributed by atoms with Crippen molar-refractivity contribution in [1.29, 1.82) is 5.41 Å². The number of hydrogen-bond donors (Lipinski definition) is 2. The molecule has 0 heterocycles. The number of sulfonamides is 1. The second-order valence-electron chi connectivity index (χ2n) is 3.42. The Morgan fingerprint density at radius 3 is 2.39 bits per heavy atom. The Bertz CT molecular complexity index is 590. The van der Waals surface area contributed by atoms with E-state index in [9.17, 15) is 18.5 Å². The molecule has 0 spiro atoms. The van der Waals surface area contributed by atoms with Gasteiger partial charge in [0, 0.05) is 12.1 Å². The van der Waals surface area contributed by atoms with Crippen molar-refractivity contribution in [2.24, 2.45) is 0 Å². The van der Waals surface area contributed by atoms with Gasteiger partial charge in [-0.05, 0) is 30.7 Å². The maximum Gasteiger partial charge on any atom is 0.269 e. The second kappa shape index (κ2) is 5.41. The van der Waals surface area contributed by atoms with Crippen LogP contribution in [0, 0.1) is 15.5 Å². The fourth-order valence-corrected chi connectivity index (χ4v) is 1.95. The number of nitro benzene ring substituents is 1. The molecule has 0 aliphatic heterocycles. The number of nitrogens with one attached hydrogen (secondary N) is 2. The van der Waals surface area contributed by atoms with E-state index in [0.717, 1.165) is 5.41 Å². The monoisotopic (exact) mass is 269 g/mol. The molecule has 0 fully saturated rings. The van der Waals surface area contributed by atoms with E-state index < -0.39 is 14.9 Å². The molecule has 0 saturated heterocycles. The molecule has 1 aromatic carbocycles. The number of nitrogens with zero attached hydrogens (tertiary/aromatic N) is 1. The van der Waals surface area contributed by atoms with Crippen LogP contribution in [0.3, 0.4) is 0 Å². The Hall–Kier alpha value is -2.22. The molecule has 0 unspecified atom stereocenters. The highest BCUT2D eigenvalue weighted by Crippen LogP contribution is 2.13. The molecule has 0 saturated carbocycles. The average Bonchev–Trinajstić information content (AvgIpc) is 2.25. The first-order valence-corrected chi connectivity index (χ1v) is 6.35. The summed E-state index contributed by atoms with van der Waals surface area (Å²) in [5.41, 5.74) is 0.442. The Balaban J connectivity index is 2.85. The van der Waals surface area contributed by atoms with Gasteiger partial charge in [-0.1, -0.05) is 0 Å². The van der Waals surface area contributed by atoms with Crippen LogP contribution in [0.15, 0.2) is 29.7 Å². The molecule has 96 valence electrons. The standard InChI is InChI=1S/C10H11N3O4S/c1-8(11)12-18(16,17)7-6-9-2-4-10(5-3-9)13(14)15/h2-7H,1H3,(H2,11,12). The Kier molecular flexibility index (Phi) is 4.16. The summed E-state index contributed by atoms with van der Waals surface area (Å²) in [6.45, 7) is 1.30. The van der Waals surface area contributed by atoms with Crippen molar-refractivity contribution in [2.75, 3.05) is 0 Å². The van der Waals surface area contributed by atoms with Gasteiger partial charge >= 0.3 is 0 Å². The lowest BCUT2D eigenvalue weighted by Gasteiger charge is -2.00. The summed E-state index contributed by atoms with van der Waals surface area (Å²) in [5.74, 6) is -0.191. The maximum absolute atomic E-state index is 11.3. The zero-order chi connectivity index (χ0) is 13.8. The van der Waals surface area contributed by atoms with Crippen molar-refractivity contribution in [2.45, 2.75) is 6.92 Å². The fourth-order valence-electron chi connectivity index (χ4n) is 1.12. The third kappa shape index (κ3) is 4.34. The summed E-state index contributed by atoms with van der Waals surface area (Å²) < 4.78 is 24.7. The Morgan fingerprint density at radius 1 is 1.39 bits per heavy atom. The van der Waals surface area contributed by atoms with Crippen molar-refractivity contribution in [1.82, 2.24) is 4.72 Å². The van der Waals surface area contributed by atoms with Crippen molar-refractivity contribution in [3.8, 4) is 0 Å². The quantitative estimate of drug-likeness (QED) is 0.373. The van der Waals surface area contributed by atoms with E-state index in [0.29, 0.717) is 5.56 Å². The van der Waals surface area contributed by atoms with Crippen LogP contribution in [-0.2, 0) is 10.0 Å².